The van der Waals surface area contributed by atoms with Gasteiger partial charge in [0.2, 0.25) is 5.91 Å². The first-order chi connectivity index (χ1) is 17.6. The van der Waals surface area contributed by atoms with Gasteiger partial charge in [-0.15, -0.1) is 0 Å². The normalized spacial score (nSPS) is 13.6. The van der Waals surface area contributed by atoms with Crippen LogP contribution in [0.2, 0.25) is 0 Å². The van der Waals surface area contributed by atoms with Crippen molar-refractivity contribution in [1.82, 2.24) is 10.2 Å². The molecule has 5 rings (SSSR count). The maximum absolute atomic E-state index is 11.8. The van der Waals surface area contributed by atoms with Gasteiger partial charge in [-0.05, 0) is 80.1 Å². The number of rotatable bonds is 9. The smallest absolute Gasteiger partial charge is 0.221 e. The summed E-state index contributed by atoms with van der Waals surface area (Å²) in [5, 5.41) is 15.0. The molecule has 1 saturated carbocycles. The van der Waals surface area contributed by atoms with E-state index in [0.29, 0.717) is 13.2 Å². The summed E-state index contributed by atoms with van der Waals surface area (Å²) in [7, 11) is 0. The summed E-state index contributed by atoms with van der Waals surface area (Å²) in [6.45, 7) is 4.61. The number of para-hydroxylation sites is 1. The van der Waals surface area contributed by atoms with Crippen molar-refractivity contribution in [2.24, 2.45) is 0 Å². The second kappa shape index (κ2) is 10.7. The molecule has 36 heavy (non-hydrogen) atoms. The molecule has 0 radical (unpaired) electrons. The van der Waals surface area contributed by atoms with Crippen molar-refractivity contribution in [3.63, 3.8) is 0 Å². The van der Waals surface area contributed by atoms with Crippen molar-refractivity contribution < 1.29 is 14.3 Å². The third-order valence-electron chi connectivity index (χ3n) is 6.49. The number of anilines is 2. The van der Waals surface area contributed by atoms with E-state index in [0.717, 1.165) is 63.4 Å². The average Bonchev–Trinajstić information content (AvgIpc) is 3.53. The second-order valence-corrected chi connectivity index (χ2v) is 9.27. The number of carbonyl (C=O) groups is 1. The van der Waals surface area contributed by atoms with Gasteiger partial charge in [-0.3, -0.25) is 9.89 Å². The SMILES string of the molecule is CC(=O)Nc1ccc(-c2cc(OC3CCCC3)c3c(C)[nH]nc3c2)cc1NCCOc1ccccc1. The van der Waals surface area contributed by atoms with Crippen LogP contribution in [-0.2, 0) is 4.79 Å². The van der Waals surface area contributed by atoms with E-state index in [4.69, 9.17) is 9.47 Å². The zero-order valence-corrected chi connectivity index (χ0v) is 20.8. The molecule has 0 bridgehead atoms. The molecule has 1 heterocycles. The summed E-state index contributed by atoms with van der Waals surface area (Å²) in [5.74, 6) is 1.58. The van der Waals surface area contributed by atoms with Crippen LogP contribution in [0.15, 0.2) is 60.7 Å². The average molecular weight is 485 g/mol. The molecule has 7 heteroatoms. The lowest BCUT2D eigenvalue weighted by molar-refractivity contribution is -0.114. The lowest BCUT2D eigenvalue weighted by atomic mass is 10.0. The number of nitrogens with one attached hydrogen (secondary N) is 3. The van der Waals surface area contributed by atoms with Crippen molar-refractivity contribution in [2.75, 3.05) is 23.8 Å². The van der Waals surface area contributed by atoms with E-state index in [1.165, 1.54) is 19.8 Å². The summed E-state index contributed by atoms with van der Waals surface area (Å²) >= 11 is 0. The van der Waals surface area contributed by atoms with E-state index in [2.05, 4.69) is 33.0 Å². The number of carbonyl (C=O) groups excluding carboxylic acids is 1. The molecule has 186 valence electrons. The number of ether oxygens (including phenoxy) is 2. The van der Waals surface area contributed by atoms with E-state index in [1.807, 2.05) is 55.5 Å². The van der Waals surface area contributed by atoms with Crippen LogP contribution in [0.5, 0.6) is 11.5 Å². The minimum absolute atomic E-state index is 0.119. The molecule has 0 aliphatic heterocycles. The Morgan fingerprint density at radius 2 is 1.83 bits per heavy atom. The number of nitrogens with zero attached hydrogens (tertiary/aromatic N) is 1. The molecule has 4 aromatic rings. The van der Waals surface area contributed by atoms with Crippen molar-refractivity contribution in [1.29, 1.82) is 0 Å². The summed E-state index contributed by atoms with van der Waals surface area (Å²) < 4.78 is 12.3. The van der Waals surface area contributed by atoms with Crippen molar-refractivity contribution in [3.8, 4) is 22.6 Å². The first-order valence-corrected chi connectivity index (χ1v) is 12.6. The number of hydrogen-bond donors (Lipinski definition) is 3. The molecule has 0 saturated heterocycles. The molecular formula is C29H32N4O3. The molecule has 1 aliphatic carbocycles. The summed E-state index contributed by atoms with van der Waals surface area (Å²) in [6, 6.07) is 19.9. The Morgan fingerprint density at radius 1 is 1.03 bits per heavy atom. The van der Waals surface area contributed by atoms with E-state index in [9.17, 15) is 4.79 Å². The molecule has 1 fully saturated rings. The van der Waals surface area contributed by atoms with E-state index in [1.54, 1.807) is 0 Å². The summed E-state index contributed by atoms with van der Waals surface area (Å²) in [5.41, 5.74) is 5.47. The molecule has 3 aromatic carbocycles. The molecule has 0 atom stereocenters. The molecular weight excluding hydrogens is 452 g/mol. The molecule has 1 aliphatic rings. The summed E-state index contributed by atoms with van der Waals surface area (Å²) in [4.78, 5) is 11.8. The number of H-pyrrole nitrogens is 1. The monoisotopic (exact) mass is 484 g/mol. The quantitative estimate of drug-likeness (QED) is 0.242. The highest BCUT2D eigenvalue weighted by molar-refractivity contribution is 5.95. The predicted molar refractivity (Wildman–Crippen MR) is 144 cm³/mol. The minimum atomic E-state index is -0.119. The van der Waals surface area contributed by atoms with Crippen molar-refractivity contribution in [2.45, 2.75) is 45.6 Å². The van der Waals surface area contributed by atoms with Crippen molar-refractivity contribution in [3.05, 3.63) is 66.4 Å². The maximum Gasteiger partial charge on any atom is 0.221 e. The van der Waals surface area contributed by atoms with E-state index in [-0.39, 0.29) is 12.0 Å². The Bertz CT molecular complexity index is 1340. The van der Waals surface area contributed by atoms with Gasteiger partial charge in [0.15, 0.2) is 0 Å². The molecule has 0 unspecified atom stereocenters. The lowest BCUT2D eigenvalue weighted by Crippen LogP contribution is -2.14. The predicted octanol–water partition coefficient (Wildman–Crippen LogP) is 6.31. The van der Waals surface area contributed by atoms with Crippen LogP contribution < -0.4 is 20.1 Å². The maximum atomic E-state index is 11.8. The first-order valence-electron chi connectivity index (χ1n) is 12.6. The topological polar surface area (TPSA) is 88.3 Å². The van der Waals surface area contributed by atoms with E-state index >= 15 is 0 Å². The van der Waals surface area contributed by atoms with Crippen LogP contribution in [0.25, 0.3) is 22.0 Å². The lowest BCUT2D eigenvalue weighted by Gasteiger charge is -2.17. The molecule has 1 aromatic heterocycles. The fourth-order valence-corrected chi connectivity index (χ4v) is 4.75. The highest BCUT2D eigenvalue weighted by atomic mass is 16.5. The highest BCUT2D eigenvalue weighted by Crippen LogP contribution is 2.37. The Labute approximate surface area is 211 Å². The van der Waals surface area contributed by atoms with Crippen molar-refractivity contribution >= 4 is 28.2 Å². The Hall–Kier alpha value is -4.00. The van der Waals surface area contributed by atoms with Gasteiger partial charge < -0.3 is 20.1 Å². The Morgan fingerprint density at radius 3 is 2.61 bits per heavy atom. The third kappa shape index (κ3) is 5.46. The largest absolute Gasteiger partial charge is 0.492 e. The fourth-order valence-electron chi connectivity index (χ4n) is 4.75. The number of hydrogen-bond acceptors (Lipinski definition) is 5. The number of aromatic nitrogens is 2. The molecule has 3 N–H and O–H groups in total. The van der Waals surface area contributed by atoms with Gasteiger partial charge in [0, 0.05) is 19.2 Å². The number of aromatic amines is 1. The van der Waals surface area contributed by atoms with Gasteiger partial charge in [-0.1, -0.05) is 24.3 Å². The zero-order valence-electron chi connectivity index (χ0n) is 20.8. The summed E-state index contributed by atoms with van der Waals surface area (Å²) in [6.07, 6.45) is 4.86. The van der Waals surface area contributed by atoms with Gasteiger partial charge in [0.1, 0.15) is 18.1 Å². The van der Waals surface area contributed by atoms with Gasteiger partial charge in [-0.2, -0.15) is 5.10 Å². The molecule has 1 amide bonds. The third-order valence-corrected chi connectivity index (χ3v) is 6.49. The van der Waals surface area contributed by atoms with Gasteiger partial charge in [-0.25, -0.2) is 0 Å². The van der Waals surface area contributed by atoms with Gasteiger partial charge in [0.05, 0.1) is 28.4 Å². The molecule has 7 nitrogen and oxygen atoms in total. The zero-order chi connectivity index (χ0) is 24.9. The number of benzene rings is 3. The molecule has 0 spiro atoms. The number of aryl methyl sites for hydroxylation is 1. The van der Waals surface area contributed by atoms with Crippen LogP contribution in [0.1, 0.15) is 38.3 Å². The highest BCUT2D eigenvalue weighted by Gasteiger charge is 2.20. The van der Waals surface area contributed by atoms with E-state index < -0.39 is 0 Å². The van der Waals surface area contributed by atoms with Crippen LogP contribution >= 0.6 is 0 Å². The van der Waals surface area contributed by atoms with Crippen LogP contribution in [0, 0.1) is 6.92 Å². The van der Waals surface area contributed by atoms with Gasteiger partial charge >= 0.3 is 0 Å². The number of fused-ring (bicyclic) bond motifs is 1. The second-order valence-electron chi connectivity index (χ2n) is 9.27. The van der Waals surface area contributed by atoms with Crippen LogP contribution in [0.3, 0.4) is 0 Å². The minimum Gasteiger partial charge on any atom is -0.492 e. The fraction of sp³-hybridized carbons (Fsp3) is 0.310. The number of amides is 1. The Balaban J connectivity index is 1.41. The standard InChI is InChI=1S/C29H32N4O3/c1-19-29-27(33-32-19)17-22(18-28(29)36-24-10-6-7-11-24)21-12-13-25(31-20(2)34)26(16-21)30-14-15-35-23-8-4-3-5-9-23/h3-5,8-9,12-13,16-18,24,30H,6-7,10-11,14-15H2,1-2H3,(H,31,34)(H,32,33). The van der Waals surface area contributed by atoms with Gasteiger partial charge in [0.25, 0.3) is 0 Å². The Kier molecular flexibility index (Phi) is 7.07. The van der Waals surface area contributed by atoms with Crippen LogP contribution in [0.4, 0.5) is 11.4 Å². The van der Waals surface area contributed by atoms with Crippen LogP contribution in [-0.4, -0.2) is 35.4 Å². The first kappa shape index (κ1) is 23.7.